The third kappa shape index (κ3) is 5.63. The normalized spacial score (nSPS) is 15.5. The fraction of sp³-hybridized carbons (Fsp3) is 0.250. The van der Waals surface area contributed by atoms with Gasteiger partial charge in [0, 0.05) is 24.6 Å². The molecule has 5 nitrogen and oxygen atoms in total. The number of unbranched alkanes of at least 4 members (excludes halogenated alkanes) is 2. The lowest BCUT2D eigenvalue weighted by atomic mass is 10.2. The maximum Gasteiger partial charge on any atom is 0.266 e. The van der Waals surface area contributed by atoms with E-state index in [2.05, 4.69) is 0 Å². The molecule has 0 spiro atoms. The van der Waals surface area contributed by atoms with Gasteiger partial charge in [0.15, 0.2) is 0 Å². The Morgan fingerprint density at radius 1 is 1.17 bits per heavy atom. The zero-order valence-electron chi connectivity index (χ0n) is 15.3. The number of carbonyl (C=O) groups excluding carboxylic acids is 2. The van der Waals surface area contributed by atoms with Crippen LogP contribution in [0.15, 0.2) is 39.7 Å². The summed E-state index contributed by atoms with van der Waals surface area (Å²) in [6.07, 6.45) is 4.33. The largest absolute Gasteiger partial charge is 0.457 e. The van der Waals surface area contributed by atoms with Crippen LogP contribution in [0.5, 0.6) is 0 Å². The maximum absolute atomic E-state index is 12.7. The third-order valence-electron chi connectivity index (χ3n) is 4.28. The number of nitrogens with zero attached hydrogens (tertiary/aromatic N) is 1. The predicted octanol–water partition coefficient (Wildman–Crippen LogP) is 5.50. The monoisotopic (exact) mass is 468 g/mol. The number of rotatable bonds is 8. The predicted molar refractivity (Wildman–Crippen MR) is 122 cm³/mol. The second-order valence-corrected chi connectivity index (χ2v) is 8.93. The van der Waals surface area contributed by atoms with Gasteiger partial charge in [0.25, 0.3) is 5.91 Å². The highest BCUT2D eigenvalue weighted by atomic mass is 35.5. The fourth-order valence-corrected chi connectivity index (χ4v) is 4.39. The summed E-state index contributed by atoms with van der Waals surface area (Å²) < 4.78 is 6.35. The first-order chi connectivity index (χ1) is 13.8. The van der Waals surface area contributed by atoms with Crippen LogP contribution in [0.4, 0.5) is 0 Å². The first kappa shape index (κ1) is 21.9. The highest BCUT2D eigenvalue weighted by Gasteiger charge is 2.31. The summed E-state index contributed by atoms with van der Waals surface area (Å²) in [4.78, 5) is 25.5. The molecule has 1 aromatic carbocycles. The van der Waals surface area contributed by atoms with Crippen molar-refractivity contribution in [2.24, 2.45) is 5.73 Å². The van der Waals surface area contributed by atoms with Crippen molar-refractivity contribution in [3.05, 3.63) is 51.0 Å². The van der Waals surface area contributed by atoms with Crippen molar-refractivity contribution in [2.75, 3.05) is 6.54 Å². The zero-order valence-corrected chi connectivity index (χ0v) is 18.5. The number of primary amides is 1. The molecule has 152 valence electrons. The highest BCUT2D eigenvalue weighted by Crippen LogP contribution is 2.34. The van der Waals surface area contributed by atoms with E-state index in [9.17, 15) is 9.59 Å². The summed E-state index contributed by atoms with van der Waals surface area (Å²) in [5, 5.41) is 0.916. The second-order valence-electron chi connectivity index (χ2n) is 6.44. The molecule has 0 bridgehead atoms. The minimum Gasteiger partial charge on any atom is -0.457 e. The SMILES string of the molecule is NC(=O)CCCCCN1C(=O)C(=Cc2ccc(-c3ccc(Cl)c(Cl)c3)o2)SC1=S. The van der Waals surface area contributed by atoms with Crippen LogP contribution in [-0.4, -0.2) is 27.6 Å². The lowest BCUT2D eigenvalue weighted by Gasteiger charge is -2.13. The molecule has 0 atom stereocenters. The summed E-state index contributed by atoms with van der Waals surface area (Å²) >= 11 is 18.6. The molecule has 0 saturated carbocycles. The van der Waals surface area contributed by atoms with E-state index < -0.39 is 0 Å². The summed E-state index contributed by atoms with van der Waals surface area (Å²) in [5.74, 6) is 0.729. The molecule has 1 fully saturated rings. The summed E-state index contributed by atoms with van der Waals surface area (Å²) in [6, 6.07) is 8.84. The molecule has 1 aliphatic heterocycles. The lowest BCUT2D eigenvalue weighted by molar-refractivity contribution is -0.122. The Labute approximate surface area is 188 Å². The Bertz CT molecular complexity index is 988. The molecule has 2 amide bonds. The summed E-state index contributed by atoms with van der Waals surface area (Å²) in [5.41, 5.74) is 5.92. The Morgan fingerprint density at radius 3 is 2.69 bits per heavy atom. The van der Waals surface area contributed by atoms with Crippen molar-refractivity contribution in [3.8, 4) is 11.3 Å². The van der Waals surface area contributed by atoms with Crippen LogP contribution in [0, 0.1) is 0 Å². The molecule has 1 aliphatic rings. The van der Waals surface area contributed by atoms with Gasteiger partial charge in [-0.3, -0.25) is 14.5 Å². The van der Waals surface area contributed by atoms with Crippen molar-refractivity contribution in [3.63, 3.8) is 0 Å². The smallest absolute Gasteiger partial charge is 0.266 e. The van der Waals surface area contributed by atoms with E-state index in [1.54, 1.807) is 29.2 Å². The highest BCUT2D eigenvalue weighted by molar-refractivity contribution is 8.26. The quantitative estimate of drug-likeness (QED) is 0.314. The van der Waals surface area contributed by atoms with Crippen LogP contribution in [0.3, 0.4) is 0 Å². The molecule has 29 heavy (non-hydrogen) atoms. The number of furan rings is 1. The number of thiocarbonyl (C=S) groups is 1. The number of nitrogens with two attached hydrogens (primary N) is 1. The number of benzene rings is 1. The van der Waals surface area contributed by atoms with Gasteiger partial charge in [0.1, 0.15) is 15.8 Å². The van der Waals surface area contributed by atoms with Crippen LogP contribution in [0.2, 0.25) is 10.0 Å². The average molecular weight is 469 g/mol. The molecule has 0 aliphatic carbocycles. The van der Waals surface area contributed by atoms with E-state index in [0.717, 1.165) is 18.4 Å². The first-order valence-corrected chi connectivity index (χ1v) is 10.9. The van der Waals surface area contributed by atoms with Crippen LogP contribution < -0.4 is 5.73 Å². The number of hydrogen-bond acceptors (Lipinski definition) is 5. The van der Waals surface area contributed by atoms with Gasteiger partial charge in [-0.2, -0.15) is 0 Å². The molecular weight excluding hydrogens is 451 g/mol. The van der Waals surface area contributed by atoms with Gasteiger partial charge in [0.05, 0.1) is 15.0 Å². The zero-order chi connectivity index (χ0) is 21.0. The number of halogens is 2. The van der Waals surface area contributed by atoms with Crippen molar-refractivity contribution < 1.29 is 14.0 Å². The van der Waals surface area contributed by atoms with Crippen molar-refractivity contribution in [1.82, 2.24) is 4.90 Å². The summed E-state index contributed by atoms with van der Waals surface area (Å²) in [6.45, 7) is 0.521. The number of amides is 2. The molecule has 1 aromatic heterocycles. The van der Waals surface area contributed by atoms with Gasteiger partial charge in [-0.1, -0.05) is 53.6 Å². The standard InChI is InChI=1S/C20H18Cl2N2O3S2/c21-14-7-5-12(10-15(14)22)16-8-6-13(27-16)11-17-19(26)24(20(28)29-17)9-3-1-2-4-18(23)25/h5-8,10-11H,1-4,9H2,(H2,23,25). The van der Waals surface area contributed by atoms with E-state index >= 15 is 0 Å². The van der Waals surface area contributed by atoms with Crippen LogP contribution >= 0.6 is 47.2 Å². The van der Waals surface area contributed by atoms with Crippen LogP contribution in [0.1, 0.15) is 31.4 Å². The van der Waals surface area contributed by atoms with Gasteiger partial charge >= 0.3 is 0 Å². The fourth-order valence-electron chi connectivity index (χ4n) is 2.80. The molecule has 1 saturated heterocycles. The van der Waals surface area contributed by atoms with Gasteiger partial charge in [-0.15, -0.1) is 0 Å². The summed E-state index contributed by atoms with van der Waals surface area (Å²) in [7, 11) is 0. The third-order valence-corrected chi connectivity index (χ3v) is 6.40. The minimum absolute atomic E-state index is 0.137. The van der Waals surface area contributed by atoms with Crippen molar-refractivity contribution in [1.29, 1.82) is 0 Å². The number of hydrogen-bond donors (Lipinski definition) is 1. The Kier molecular flexibility index (Phi) is 7.40. The van der Waals surface area contributed by atoms with Crippen molar-refractivity contribution >= 4 is 69.4 Å². The van der Waals surface area contributed by atoms with Crippen LogP contribution in [-0.2, 0) is 9.59 Å². The molecule has 0 radical (unpaired) electrons. The molecule has 2 heterocycles. The van der Waals surface area contributed by atoms with Gasteiger partial charge in [0.2, 0.25) is 5.91 Å². The first-order valence-electron chi connectivity index (χ1n) is 8.94. The molecule has 0 unspecified atom stereocenters. The lowest BCUT2D eigenvalue weighted by Crippen LogP contribution is -2.29. The Hall–Kier alpha value is -1.80. The van der Waals surface area contributed by atoms with Gasteiger partial charge < -0.3 is 10.2 Å². The Balaban J connectivity index is 1.64. The van der Waals surface area contributed by atoms with E-state index in [-0.39, 0.29) is 11.8 Å². The molecular formula is C20H18Cl2N2O3S2. The molecule has 2 N–H and O–H groups in total. The molecule has 3 rings (SSSR count). The second kappa shape index (κ2) is 9.80. The Morgan fingerprint density at radius 2 is 1.97 bits per heavy atom. The molecule has 9 heteroatoms. The number of carbonyl (C=O) groups is 2. The molecule has 2 aromatic rings. The average Bonchev–Trinajstić information content (AvgIpc) is 3.23. The van der Waals surface area contributed by atoms with E-state index in [0.29, 0.717) is 50.2 Å². The van der Waals surface area contributed by atoms with E-state index in [1.807, 2.05) is 12.1 Å². The van der Waals surface area contributed by atoms with E-state index in [1.165, 1.54) is 11.8 Å². The van der Waals surface area contributed by atoms with Crippen LogP contribution in [0.25, 0.3) is 17.4 Å². The topological polar surface area (TPSA) is 76.5 Å². The van der Waals surface area contributed by atoms with Gasteiger partial charge in [-0.25, -0.2) is 0 Å². The van der Waals surface area contributed by atoms with E-state index in [4.69, 9.17) is 45.6 Å². The van der Waals surface area contributed by atoms with Gasteiger partial charge in [-0.05, 0) is 43.2 Å². The van der Waals surface area contributed by atoms with Crippen molar-refractivity contribution in [2.45, 2.75) is 25.7 Å². The maximum atomic E-state index is 12.7. The number of thioether (sulfide) groups is 1. The minimum atomic E-state index is -0.308.